The lowest BCUT2D eigenvalue weighted by Gasteiger charge is -2.25. The van der Waals surface area contributed by atoms with E-state index in [4.69, 9.17) is 0 Å². The first-order valence-corrected chi connectivity index (χ1v) is 8.80. The molecule has 0 heterocycles. The molecule has 0 aliphatic rings. The van der Waals surface area contributed by atoms with Gasteiger partial charge in [0.25, 0.3) is 0 Å². The van der Waals surface area contributed by atoms with Gasteiger partial charge in [-0.15, -0.1) is 0 Å². The zero-order valence-electron chi connectivity index (χ0n) is 14.7. The molecule has 3 aromatic rings. The molecule has 1 unspecified atom stereocenters. The zero-order valence-corrected chi connectivity index (χ0v) is 14.7. The van der Waals surface area contributed by atoms with Crippen LogP contribution >= 0.6 is 0 Å². The monoisotopic (exact) mass is 338 g/mol. The lowest BCUT2D eigenvalue weighted by atomic mass is 10.1. The van der Waals surface area contributed by atoms with E-state index in [-0.39, 0.29) is 6.04 Å². The van der Waals surface area contributed by atoms with E-state index in [9.17, 15) is 5.26 Å². The van der Waals surface area contributed by atoms with E-state index in [2.05, 4.69) is 35.2 Å². The van der Waals surface area contributed by atoms with Crippen LogP contribution in [-0.2, 0) is 13.1 Å². The molecule has 0 aliphatic heterocycles. The summed E-state index contributed by atoms with van der Waals surface area (Å²) in [7, 11) is 0. The third kappa shape index (κ3) is 5.17. The van der Waals surface area contributed by atoms with E-state index in [0.717, 1.165) is 18.7 Å². The van der Waals surface area contributed by atoms with Gasteiger partial charge in [-0.05, 0) is 16.7 Å². The maximum Gasteiger partial charge on any atom is 0.117 e. The Morgan fingerprint density at radius 1 is 0.731 bits per heavy atom. The van der Waals surface area contributed by atoms with Crippen LogP contribution in [0.4, 0.5) is 0 Å². The van der Waals surface area contributed by atoms with Crippen molar-refractivity contribution in [1.29, 1.82) is 5.26 Å². The van der Waals surface area contributed by atoms with Gasteiger partial charge in [-0.2, -0.15) is 5.26 Å². The molecule has 0 saturated heterocycles. The summed E-state index contributed by atoms with van der Waals surface area (Å²) < 4.78 is 0. The summed E-state index contributed by atoms with van der Waals surface area (Å²) in [5.41, 5.74) is 3.51. The lowest BCUT2D eigenvalue weighted by molar-refractivity contribution is 0.246. The van der Waals surface area contributed by atoms with Gasteiger partial charge in [0.2, 0.25) is 0 Å². The summed E-state index contributed by atoms with van der Waals surface area (Å²) in [5.74, 6) is 0. The van der Waals surface area contributed by atoms with Crippen LogP contribution in [0.5, 0.6) is 0 Å². The van der Waals surface area contributed by atoms with Crippen LogP contribution in [0.3, 0.4) is 0 Å². The van der Waals surface area contributed by atoms with Gasteiger partial charge in [0.05, 0.1) is 6.07 Å². The van der Waals surface area contributed by atoms with Crippen molar-refractivity contribution >= 4 is 6.08 Å². The number of nitrogens with zero attached hydrogens (tertiary/aromatic N) is 2. The smallest absolute Gasteiger partial charge is 0.117 e. The SMILES string of the molecule is N#CC(/C=C\c1ccccc1)N(Cc1ccccc1)Cc1ccccc1. The molecule has 0 radical (unpaired) electrons. The number of nitriles is 1. The Kier molecular flexibility index (Phi) is 6.36. The number of benzene rings is 3. The zero-order chi connectivity index (χ0) is 18.0. The molecule has 0 fully saturated rings. The highest BCUT2D eigenvalue weighted by molar-refractivity contribution is 5.50. The molecule has 128 valence electrons. The van der Waals surface area contributed by atoms with E-state index in [1.807, 2.05) is 78.9 Å². The van der Waals surface area contributed by atoms with Crippen LogP contribution in [0, 0.1) is 11.3 Å². The molecule has 0 aliphatic carbocycles. The molecule has 0 saturated carbocycles. The van der Waals surface area contributed by atoms with Gasteiger partial charge in [0.15, 0.2) is 0 Å². The molecule has 2 nitrogen and oxygen atoms in total. The highest BCUT2D eigenvalue weighted by Crippen LogP contribution is 2.15. The molecule has 3 aromatic carbocycles. The summed E-state index contributed by atoms with van der Waals surface area (Å²) in [6, 6.07) is 32.9. The quantitative estimate of drug-likeness (QED) is 0.585. The van der Waals surface area contributed by atoms with Gasteiger partial charge >= 0.3 is 0 Å². The van der Waals surface area contributed by atoms with Crippen molar-refractivity contribution in [3.8, 4) is 6.07 Å². The Bertz CT molecular complexity index is 807. The molecule has 3 rings (SSSR count). The van der Waals surface area contributed by atoms with Gasteiger partial charge in [-0.1, -0.05) is 103 Å². The molecule has 0 aromatic heterocycles. The van der Waals surface area contributed by atoms with Crippen molar-refractivity contribution in [2.45, 2.75) is 19.1 Å². The van der Waals surface area contributed by atoms with Gasteiger partial charge in [0.1, 0.15) is 6.04 Å². The molecule has 0 N–H and O–H groups in total. The van der Waals surface area contributed by atoms with Crippen LogP contribution in [0.1, 0.15) is 16.7 Å². The van der Waals surface area contributed by atoms with Gasteiger partial charge in [-0.25, -0.2) is 0 Å². The molecule has 0 amide bonds. The van der Waals surface area contributed by atoms with E-state index in [1.165, 1.54) is 11.1 Å². The second kappa shape index (κ2) is 9.36. The second-order valence-electron chi connectivity index (χ2n) is 6.22. The van der Waals surface area contributed by atoms with Crippen molar-refractivity contribution in [1.82, 2.24) is 4.90 Å². The van der Waals surface area contributed by atoms with Crippen LogP contribution < -0.4 is 0 Å². The van der Waals surface area contributed by atoms with Crippen molar-refractivity contribution < 1.29 is 0 Å². The lowest BCUT2D eigenvalue weighted by Crippen LogP contribution is -2.31. The highest BCUT2D eigenvalue weighted by Gasteiger charge is 2.16. The number of hydrogen-bond donors (Lipinski definition) is 0. The van der Waals surface area contributed by atoms with Gasteiger partial charge in [0, 0.05) is 13.1 Å². The van der Waals surface area contributed by atoms with Gasteiger partial charge < -0.3 is 0 Å². The van der Waals surface area contributed by atoms with Crippen molar-refractivity contribution in [2.24, 2.45) is 0 Å². The van der Waals surface area contributed by atoms with Crippen molar-refractivity contribution in [3.63, 3.8) is 0 Å². The van der Waals surface area contributed by atoms with Crippen LogP contribution in [-0.4, -0.2) is 10.9 Å². The molecule has 1 atom stereocenters. The molecule has 2 heteroatoms. The molecule has 0 spiro atoms. The van der Waals surface area contributed by atoms with E-state index >= 15 is 0 Å². The normalized spacial score (nSPS) is 12.2. The summed E-state index contributed by atoms with van der Waals surface area (Å²) in [4.78, 5) is 2.20. The minimum Gasteiger partial charge on any atom is -0.276 e. The first-order chi connectivity index (χ1) is 12.8. The maximum atomic E-state index is 9.79. The number of rotatable bonds is 7. The van der Waals surface area contributed by atoms with Crippen LogP contribution in [0.15, 0.2) is 97.1 Å². The Hall–Kier alpha value is -3.15. The minimum absolute atomic E-state index is 0.296. The summed E-state index contributed by atoms with van der Waals surface area (Å²) in [5, 5.41) is 9.79. The summed E-state index contributed by atoms with van der Waals surface area (Å²) in [6.07, 6.45) is 4.01. The largest absolute Gasteiger partial charge is 0.276 e. The van der Waals surface area contributed by atoms with E-state index < -0.39 is 0 Å². The average Bonchev–Trinajstić information content (AvgIpc) is 2.71. The third-order valence-corrected chi connectivity index (χ3v) is 4.25. The average molecular weight is 338 g/mol. The molecule has 26 heavy (non-hydrogen) atoms. The van der Waals surface area contributed by atoms with Gasteiger partial charge in [-0.3, -0.25) is 4.90 Å². The Morgan fingerprint density at radius 2 is 1.19 bits per heavy atom. The van der Waals surface area contributed by atoms with Crippen molar-refractivity contribution in [2.75, 3.05) is 0 Å². The Morgan fingerprint density at radius 3 is 1.65 bits per heavy atom. The summed E-state index contributed by atoms with van der Waals surface area (Å²) in [6.45, 7) is 1.46. The first-order valence-electron chi connectivity index (χ1n) is 8.80. The maximum absolute atomic E-state index is 9.79. The fourth-order valence-electron chi connectivity index (χ4n) is 2.90. The molecular weight excluding hydrogens is 316 g/mol. The number of hydrogen-bond acceptors (Lipinski definition) is 2. The van der Waals surface area contributed by atoms with E-state index in [1.54, 1.807) is 0 Å². The molecular formula is C24H22N2. The summed E-state index contributed by atoms with van der Waals surface area (Å²) >= 11 is 0. The predicted molar refractivity (Wildman–Crippen MR) is 107 cm³/mol. The Balaban J connectivity index is 1.82. The fraction of sp³-hybridized carbons (Fsp3) is 0.125. The fourth-order valence-corrected chi connectivity index (χ4v) is 2.90. The van der Waals surface area contributed by atoms with E-state index in [0.29, 0.717) is 0 Å². The highest BCUT2D eigenvalue weighted by atomic mass is 15.1. The predicted octanol–water partition coefficient (Wildman–Crippen LogP) is 5.29. The minimum atomic E-state index is -0.296. The van der Waals surface area contributed by atoms with Crippen LogP contribution in [0.2, 0.25) is 0 Å². The second-order valence-corrected chi connectivity index (χ2v) is 6.22. The third-order valence-electron chi connectivity index (χ3n) is 4.25. The standard InChI is InChI=1S/C24H22N2/c25-18-24(17-16-21-10-4-1-5-11-21)26(19-22-12-6-2-7-13-22)20-23-14-8-3-9-15-23/h1-17,24H,19-20H2/b17-16-. The first kappa shape index (κ1) is 17.7. The van der Waals surface area contributed by atoms with Crippen LogP contribution in [0.25, 0.3) is 6.08 Å². The van der Waals surface area contributed by atoms with Crippen molar-refractivity contribution in [3.05, 3.63) is 114 Å². The Labute approximate surface area is 155 Å². The topological polar surface area (TPSA) is 27.0 Å². The molecule has 0 bridgehead atoms.